The van der Waals surface area contributed by atoms with Crippen LogP contribution in [0.2, 0.25) is 5.02 Å². The third kappa shape index (κ3) is 4.47. The normalized spacial score (nSPS) is 16.9. The summed E-state index contributed by atoms with van der Waals surface area (Å²) in [5.74, 6) is 0.955. The molecule has 3 aromatic rings. The standard InChI is InChI=1S/C24H24ClN5O4/c25-17-3-1-4-18(21(17)29-10-13-32-14-11-29)27-22(31)16-6-8-30(9-7-16)24-19(15-26)28-23(34-24)20-5-2-12-33-20/h1-5,12,16H,6-11,13-14H2,(H,27,31). The fourth-order valence-electron chi connectivity index (χ4n) is 4.41. The fraction of sp³-hybridized carbons (Fsp3) is 0.375. The van der Waals surface area contributed by atoms with Crippen molar-refractivity contribution in [2.24, 2.45) is 5.92 Å². The number of benzene rings is 1. The highest BCUT2D eigenvalue weighted by Crippen LogP contribution is 2.36. The summed E-state index contributed by atoms with van der Waals surface area (Å²) in [5.41, 5.74) is 1.76. The van der Waals surface area contributed by atoms with Crippen LogP contribution < -0.4 is 15.1 Å². The second kappa shape index (κ2) is 9.79. The molecular formula is C24H24ClN5O4. The third-order valence-corrected chi connectivity index (χ3v) is 6.48. The maximum Gasteiger partial charge on any atom is 0.266 e. The van der Waals surface area contributed by atoms with E-state index in [2.05, 4.69) is 21.3 Å². The molecule has 0 saturated carbocycles. The summed E-state index contributed by atoms with van der Waals surface area (Å²) in [6, 6.07) is 11.1. The lowest BCUT2D eigenvalue weighted by Crippen LogP contribution is -2.39. The summed E-state index contributed by atoms with van der Waals surface area (Å²) < 4.78 is 16.6. The van der Waals surface area contributed by atoms with Gasteiger partial charge >= 0.3 is 0 Å². The van der Waals surface area contributed by atoms with Crippen LogP contribution in [0.5, 0.6) is 0 Å². The number of morpholine rings is 1. The lowest BCUT2D eigenvalue weighted by molar-refractivity contribution is -0.120. The number of rotatable bonds is 5. The molecule has 176 valence electrons. The Labute approximate surface area is 201 Å². The summed E-state index contributed by atoms with van der Waals surface area (Å²) >= 11 is 6.50. The Morgan fingerprint density at radius 1 is 1.12 bits per heavy atom. The van der Waals surface area contributed by atoms with E-state index in [0.29, 0.717) is 61.5 Å². The predicted molar refractivity (Wildman–Crippen MR) is 127 cm³/mol. The van der Waals surface area contributed by atoms with Gasteiger partial charge in [0.05, 0.1) is 35.9 Å². The number of nitrogens with zero attached hydrogens (tertiary/aromatic N) is 4. The Balaban J connectivity index is 1.25. The molecule has 1 amide bonds. The SMILES string of the molecule is N#Cc1nc(-c2ccco2)oc1N1CCC(C(=O)Nc2cccc(Cl)c2N2CCOCC2)CC1. The number of piperidine rings is 1. The largest absolute Gasteiger partial charge is 0.459 e. The van der Waals surface area contributed by atoms with E-state index in [9.17, 15) is 10.1 Å². The monoisotopic (exact) mass is 481 g/mol. The van der Waals surface area contributed by atoms with E-state index in [1.807, 2.05) is 23.1 Å². The van der Waals surface area contributed by atoms with Gasteiger partial charge in [0.15, 0.2) is 5.76 Å². The molecule has 1 aromatic carbocycles. The molecule has 10 heteroatoms. The number of aromatic nitrogens is 1. The molecule has 0 aliphatic carbocycles. The van der Waals surface area contributed by atoms with Crippen LogP contribution >= 0.6 is 11.6 Å². The van der Waals surface area contributed by atoms with Gasteiger partial charge in [0, 0.05) is 32.1 Å². The highest BCUT2D eigenvalue weighted by molar-refractivity contribution is 6.34. The summed E-state index contributed by atoms with van der Waals surface area (Å²) in [6.07, 6.45) is 2.78. The average Bonchev–Trinajstić information content (AvgIpc) is 3.55. The minimum Gasteiger partial charge on any atom is -0.459 e. The van der Waals surface area contributed by atoms with Crippen LogP contribution in [0.4, 0.5) is 17.3 Å². The molecule has 5 rings (SSSR count). The zero-order valence-electron chi connectivity index (χ0n) is 18.5. The Bertz CT molecular complexity index is 1190. The smallest absolute Gasteiger partial charge is 0.266 e. The van der Waals surface area contributed by atoms with Gasteiger partial charge in [-0.2, -0.15) is 10.2 Å². The predicted octanol–water partition coefficient (Wildman–Crippen LogP) is 4.15. The van der Waals surface area contributed by atoms with Crippen molar-refractivity contribution >= 4 is 34.8 Å². The number of para-hydroxylation sites is 1. The number of oxazole rings is 1. The molecule has 4 heterocycles. The molecule has 2 aliphatic rings. The Kier molecular flexibility index (Phi) is 6.43. The first-order valence-corrected chi connectivity index (χ1v) is 11.6. The molecule has 2 saturated heterocycles. The van der Waals surface area contributed by atoms with Crippen LogP contribution in [0.1, 0.15) is 18.5 Å². The fourth-order valence-corrected chi connectivity index (χ4v) is 4.70. The quantitative estimate of drug-likeness (QED) is 0.579. The molecule has 0 radical (unpaired) electrons. The van der Waals surface area contributed by atoms with Crippen LogP contribution in [0.3, 0.4) is 0 Å². The summed E-state index contributed by atoms with van der Waals surface area (Å²) in [6.45, 7) is 3.86. The van der Waals surface area contributed by atoms with Gasteiger partial charge in [-0.15, -0.1) is 0 Å². The number of carbonyl (C=O) groups is 1. The second-order valence-electron chi connectivity index (χ2n) is 8.25. The molecule has 9 nitrogen and oxygen atoms in total. The van der Waals surface area contributed by atoms with Crippen molar-refractivity contribution in [2.75, 3.05) is 54.5 Å². The highest BCUT2D eigenvalue weighted by Gasteiger charge is 2.30. The van der Waals surface area contributed by atoms with Gasteiger partial charge in [-0.05, 0) is 37.1 Å². The molecule has 0 atom stereocenters. The third-order valence-electron chi connectivity index (χ3n) is 6.17. The molecule has 0 spiro atoms. The van der Waals surface area contributed by atoms with Crippen molar-refractivity contribution in [3.63, 3.8) is 0 Å². The lowest BCUT2D eigenvalue weighted by Gasteiger charge is -2.33. The summed E-state index contributed by atoms with van der Waals surface area (Å²) in [5, 5.41) is 13.2. The van der Waals surface area contributed by atoms with Gasteiger partial charge in [0.1, 0.15) is 6.07 Å². The number of nitrogens with one attached hydrogen (secondary N) is 1. The van der Waals surface area contributed by atoms with E-state index in [0.717, 1.165) is 18.8 Å². The zero-order chi connectivity index (χ0) is 23.5. The molecule has 0 unspecified atom stereocenters. The topological polar surface area (TPSA) is 108 Å². The Hall–Kier alpha value is -3.48. The van der Waals surface area contributed by atoms with Crippen molar-refractivity contribution in [3.05, 3.63) is 47.3 Å². The zero-order valence-corrected chi connectivity index (χ0v) is 19.3. The maximum atomic E-state index is 13.1. The Morgan fingerprint density at radius 3 is 2.62 bits per heavy atom. The first-order chi connectivity index (χ1) is 16.6. The second-order valence-corrected chi connectivity index (χ2v) is 8.66. The minimum absolute atomic E-state index is 0.0363. The van der Waals surface area contributed by atoms with Crippen molar-refractivity contribution in [1.82, 2.24) is 4.98 Å². The van der Waals surface area contributed by atoms with E-state index in [4.69, 9.17) is 25.2 Å². The van der Waals surface area contributed by atoms with Crippen LogP contribution in [0.25, 0.3) is 11.7 Å². The molecule has 34 heavy (non-hydrogen) atoms. The van der Waals surface area contributed by atoms with Gasteiger partial charge in [-0.25, -0.2) is 0 Å². The van der Waals surface area contributed by atoms with Gasteiger partial charge < -0.3 is 28.7 Å². The maximum absolute atomic E-state index is 13.1. The first kappa shape index (κ1) is 22.3. The molecule has 1 N–H and O–H groups in total. The number of anilines is 3. The van der Waals surface area contributed by atoms with Crippen LogP contribution in [-0.4, -0.2) is 50.3 Å². The number of furan rings is 1. The molecular weight excluding hydrogens is 458 g/mol. The molecule has 2 fully saturated rings. The summed E-state index contributed by atoms with van der Waals surface area (Å²) in [7, 11) is 0. The number of carbonyl (C=O) groups excluding carboxylic acids is 1. The number of hydrogen-bond acceptors (Lipinski definition) is 8. The van der Waals surface area contributed by atoms with E-state index in [-0.39, 0.29) is 23.4 Å². The molecule has 2 aromatic heterocycles. The van der Waals surface area contributed by atoms with Crippen molar-refractivity contribution < 1.29 is 18.4 Å². The van der Waals surface area contributed by atoms with E-state index >= 15 is 0 Å². The number of hydrogen-bond donors (Lipinski definition) is 1. The number of nitriles is 1. The van der Waals surface area contributed by atoms with Gasteiger partial charge in [0.2, 0.25) is 17.5 Å². The van der Waals surface area contributed by atoms with Gasteiger partial charge in [0.25, 0.3) is 5.89 Å². The van der Waals surface area contributed by atoms with E-state index in [1.165, 1.54) is 6.26 Å². The van der Waals surface area contributed by atoms with Gasteiger partial charge in [-0.1, -0.05) is 17.7 Å². The average molecular weight is 482 g/mol. The van der Waals surface area contributed by atoms with Crippen molar-refractivity contribution in [2.45, 2.75) is 12.8 Å². The highest BCUT2D eigenvalue weighted by atomic mass is 35.5. The molecule has 2 aliphatic heterocycles. The van der Waals surface area contributed by atoms with Crippen LogP contribution in [0.15, 0.2) is 45.4 Å². The van der Waals surface area contributed by atoms with Crippen molar-refractivity contribution in [3.8, 4) is 17.7 Å². The van der Waals surface area contributed by atoms with Crippen LogP contribution in [0, 0.1) is 17.2 Å². The number of ether oxygens (including phenoxy) is 1. The van der Waals surface area contributed by atoms with E-state index in [1.54, 1.807) is 12.1 Å². The lowest BCUT2D eigenvalue weighted by atomic mass is 9.95. The minimum atomic E-state index is -0.161. The van der Waals surface area contributed by atoms with Gasteiger partial charge in [-0.3, -0.25) is 4.79 Å². The number of halogens is 1. The van der Waals surface area contributed by atoms with E-state index < -0.39 is 0 Å². The number of amides is 1. The Morgan fingerprint density at radius 2 is 1.91 bits per heavy atom. The van der Waals surface area contributed by atoms with Crippen LogP contribution in [-0.2, 0) is 9.53 Å². The molecule has 0 bridgehead atoms. The first-order valence-electron chi connectivity index (χ1n) is 11.3. The summed E-state index contributed by atoms with van der Waals surface area (Å²) in [4.78, 5) is 21.5. The van der Waals surface area contributed by atoms with Crippen molar-refractivity contribution in [1.29, 1.82) is 5.26 Å².